The van der Waals surface area contributed by atoms with Crippen LogP contribution in [0.5, 0.6) is 11.5 Å². The second-order valence-electron chi connectivity index (χ2n) is 7.09. The number of aliphatic hydroxyl groups is 1. The van der Waals surface area contributed by atoms with Gasteiger partial charge in [-0.05, 0) is 37.6 Å². The van der Waals surface area contributed by atoms with Crippen molar-refractivity contribution in [3.05, 3.63) is 23.8 Å². The molecule has 0 bridgehead atoms. The number of aliphatic hydroxyl groups excluding tert-OH is 1. The number of carbonyl (C=O) groups is 1. The van der Waals surface area contributed by atoms with Gasteiger partial charge in [0.2, 0.25) is 0 Å². The molecule has 1 N–H and O–H groups in total. The zero-order valence-electron chi connectivity index (χ0n) is 16.5. The van der Waals surface area contributed by atoms with Gasteiger partial charge in [-0.1, -0.05) is 0 Å². The minimum absolute atomic E-state index is 0.117. The summed E-state index contributed by atoms with van der Waals surface area (Å²) >= 11 is 0. The molecule has 2 aliphatic rings. The number of nitrogens with zero attached hydrogens (tertiary/aromatic N) is 1. The van der Waals surface area contributed by atoms with Crippen molar-refractivity contribution < 1.29 is 33.6 Å². The molecule has 2 fully saturated rings. The smallest absolute Gasteiger partial charge is 0.337 e. The first kappa shape index (κ1) is 20.9. The predicted octanol–water partition coefficient (Wildman–Crippen LogP) is 1.31. The van der Waals surface area contributed by atoms with Gasteiger partial charge in [-0.2, -0.15) is 0 Å². The first-order chi connectivity index (χ1) is 13.6. The first-order valence-corrected chi connectivity index (χ1v) is 9.63. The van der Waals surface area contributed by atoms with E-state index in [1.54, 1.807) is 18.2 Å². The van der Waals surface area contributed by atoms with Crippen molar-refractivity contribution in [2.75, 3.05) is 53.7 Å². The van der Waals surface area contributed by atoms with Crippen LogP contribution in [-0.4, -0.2) is 82.0 Å². The van der Waals surface area contributed by atoms with Crippen molar-refractivity contribution in [3.8, 4) is 11.5 Å². The molecule has 0 aliphatic carbocycles. The third kappa shape index (κ3) is 5.35. The van der Waals surface area contributed by atoms with E-state index in [-0.39, 0.29) is 12.9 Å². The molecule has 0 saturated carbocycles. The lowest BCUT2D eigenvalue weighted by Gasteiger charge is -2.35. The molecular formula is C20H29NO7. The number of rotatable bonds is 8. The Morgan fingerprint density at radius 2 is 2.07 bits per heavy atom. The van der Waals surface area contributed by atoms with Crippen molar-refractivity contribution in [1.29, 1.82) is 0 Å². The van der Waals surface area contributed by atoms with Gasteiger partial charge in [0.05, 0.1) is 33.0 Å². The minimum atomic E-state index is -0.644. The Bertz CT molecular complexity index is 647. The Labute approximate surface area is 165 Å². The van der Waals surface area contributed by atoms with E-state index in [1.165, 1.54) is 14.2 Å². The van der Waals surface area contributed by atoms with Gasteiger partial charge in [0.25, 0.3) is 0 Å². The summed E-state index contributed by atoms with van der Waals surface area (Å²) in [5.41, 5.74) is 0.378. The van der Waals surface area contributed by atoms with E-state index in [2.05, 4.69) is 4.90 Å². The van der Waals surface area contributed by atoms with E-state index in [9.17, 15) is 9.90 Å². The number of hydrogen-bond acceptors (Lipinski definition) is 8. The summed E-state index contributed by atoms with van der Waals surface area (Å²) in [5, 5.41) is 10.4. The Kier molecular flexibility index (Phi) is 7.50. The molecule has 8 heteroatoms. The normalized spacial score (nSPS) is 22.0. The molecule has 0 spiro atoms. The van der Waals surface area contributed by atoms with Crippen LogP contribution in [0.3, 0.4) is 0 Å². The van der Waals surface area contributed by atoms with E-state index >= 15 is 0 Å². The number of hydrogen-bond donors (Lipinski definition) is 1. The van der Waals surface area contributed by atoms with Gasteiger partial charge in [0.15, 0.2) is 17.8 Å². The quantitative estimate of drug-likeness (QED) is 0.660. The number of β-amino-alcohol motifs (C(OH)–C–C–N with tert-alkyl or cyclic N) is 1. The van der Waals surface area contributed by atoms with E-state index in [4.69, 9.17) is 23.7 Å². The highest BCUT2D eigenvalue weighted by atomic mass is 16.7. The fourth-order valence-electron chi connectivity index (χ4n) is 3.70. The number of likely N-dealkylation sites (tertiary alicyclic amines) is 1. The van der Waals surface area contributed by atoms with Gasteiger partial charge >= 0.3 is 5.97 Å². The fraction of sp³-hybridized carbons (Fsp3) is 0.650. The third-order valence-electron chi connectivity index (χ3n) is 5.06. The maximum absolute atomic E-state index is 11.6. The molecule has 2 aliphatic heterocycles. The number of benzene rings is 1. The monoisotopic (exact) mass is 395 g/mol. The summed E-state index contributed by atoms with van der Waals surface area (Å²) in [6.45, 7) is 3.76. The molecule has 1 aromatic carbocycles. The number of ether oxygens (including phenoxy) is 5. The zero-order chi connectivity index (χ0) is 19.9. The average Bonchev–Trinajstić information content (AvgIpc) is 3.26. The van der Waals surface area contributed by atoms with Crippen LogP contribution in [0.1, 0.15) is 23.2 Å². The van der Waals surface area contributed by atoms with Crippen LogP contribution in [0.15, 0.2) is 18.2 Å². The molecule has 0 radical (unpaired) electrons. The second-order valence-corrected chi connectivity index (χ2v) is 7.09. The SMILES string of the molecule is COC(=O)c1ccc(OCC(O)CN2CCCC(C3OCCO3)C2)c(OC)c1. The molecule has 28 heavy (non-hydrogen) atoms. The maximum Gasteiger partial charge on any atom is 0.337 e. The summed E-state index contributed by atoms with van der Waals surface area (Å²) in [5.74, 6) is 0.789. The lowest BCUT2D eigenvalue weighted by atomic mass is 9.97. The van der Waals surface area contributed by atoms with E-state index in [0.717, 1.165) is 25.9 Å². The Hall–Kier alpha value is -1.87. The highest BCUT2D eigenvalue weighted by molar-refractivity contribution is 5.90. The summed E-state index contributed by atoms with van der Waals surface area (Å²) in [6, 6.07) is 4.81. The van der Waals surface area contributed by atoms with Gasteiger partial charge in [0.1, 0.15) is 12.7 Å². The molecule has 0 aromatic heterocycles. The Balaban J connectivity index is 1.49. The summed E-state index contributed by atoms with van der Waals surface area (Å²) in [6.07, 6.45) is 1.38. The molecule has 8 nitrogen and oxygen atoms in total. The number of esters is 1. The lowest BCUT2D eigenvalue weighted by molar-refractivity contribution is -0.103. The fourth-order valence-corrected chi connectivity index (χ4v) is 3.70. The van der Waals surface area contributed by atoms with Crippen LogP contribution in [0.25, 0.3) is 0 Å². The van der Waals surface area contributed by atoms with Crippen LogP contribution < -0.4 is 9.47 Å². The van der Waals surface area contributed by atoms with Gasteiger partial charge in [-0.25, -0.2) is 4.79 Å². The minimum Gasteiger partial charge on any atom is -0.493 e. The molecule has 3 rings (SSSR count). The Morgan fingerprint density at radius 3 is 2.79 bits per heavy atom. The van der Waals surface area contributed by atoms with E-state index < -0.39 is 12.1 Å². The van der Waals surface area contributed by atoms with Gasteiger partial charge in [0, 0.05) is 19.0 Å². The molecule has 2 saturated heterocycles. The zero-order valence-corrected chi connectivity index (χ0v) is 16.5. The van der Waals surface area contributed by atoms with Gasteiger partial charge < -0.3 is 33.7 Å². The van der Waals surface area contributed by atoms with E-state index in [0.29, 0.717) is 42.7 Å². The summed E-state index contributed by atoms with van der Waals surface area (Å²) in [7, 11) is 2.83. The number of methoxy groups -OCH3 is 2. The van der Waals surface area contributed by atoms with Crippen LogP contribution in [0.2, 0.25) is 0 Å². The molecule has 2 unspecified atom stereocenters. The van der Waals surface area contributed by atoms with Crippen LogP contribution in [-0.2, 0) is 14.2 Å². The second kappa shape index (κ2) is 10.1. The van der Waals surface area contributed by atoms with Crippen LogP contribution in [0.4, 0.5) is 0 Å². The van der Waals surface area contributed by atoms with Crippen molar-refractivity contribution in [2.45, 2.75) is 25.2 Å². The molecule has 0 amide bonds. The van der Waals surface area contributed by atoms with Crippen LogP contribution >= 0.6 is 0 Å². The molecular weight excluding hydrogens is 366 g/mol. The molecule has 2 heterocycles. The molecule has 156 valence electrons. The van der Waals surface area contributed by atoms with Crippen molar-refractivity contribution in [2.24, 2.45) is 5.92 Å². The highest BCUT2D eigenvalue weighted by Gasteiger charge is 2.31. The molecule has 2 atom stereocenters. The third-order valence-corrected chi connectivity index (χ3v) is 5.06. The molecule has 1 aromatic rings. The van der Waals surface area contributed by atoms with Crippen molar-refractivity contribution in [1.82, 2.24) is 4.90 Å². The van der Waals surface area contributed by atoms with E-state index in [1.807, 2.05) is 0 Å². The standard InChI is InChI=1S/C20H29NO7/c1-24-18-10-14(19(23)25-2)5-6-17(18)28-13-16(22)12-21-7-3-4-15(11-21)20-26-8-9-27-20/h5-6,10,15-16,20,22H,3-4,7-9,11-13H2,1-2H3. The number of carbonyl (C=O) groups excluding carboxylic acids is 1. The lowest BCUT2D eigenvalue weighted by Crippen LogP contribution is -2.44. The van der Waals surface area contributed by atoms with Gasteiger partial charge in [-0.3, -0.25) is 0 Å². The Morgan fingerprint density at radius 1 is 1.29 bits per heavy atom. The predicted molar refractivity (Wildman–Crippen MR) is 101 cm³/mol. The highest BCUT2D eigenvalue weighted by Crippen LogP contribution is 2.29. The first-order valence-electron chi connectivity index (χ1n) is 9.63. The van der Waals surface area contributed by atoms with Crippen LogP contribution in [0, 0.1) is 5.92 Å². The largest absolute Gasteiger partial charge is 0.493 e. The average molecular weight is 395 g/mol. The van der Waals surface area contributed by atoms with Crippen molar-refractivity contribution >= 4 is 5.97 Å². The van der Waals surface area contributed by atoms with Crippen molar-refractivity contribution in [3.63, 3.8) is 0 Å². The maximum atomic E-state index is 11.6. The summed E-state index contributed by atoms with van der Waals surface area (Å²) in [4.78, 5) is 13.8. The topological polar surface area (TPSA) is 86.7 Å². The summed E-state index contributed by atoms with van der Waals surface area (Å²) < 4.78 is 27.0. The van der Waals surface area contributed by atoms with Gasteiger partial charge in [-0.15, -0.1) is 0 Å². The number of piperidine rings is 1.